The van der Waals surface area contributed by atoms with Gasteiger partial charge < -0.3 is 15.3 Å². The molecule has 1 aliphatic heterocycles. The fourth-order valence-corrected chi connectivity index (χ4v) is 2.66. The quantitative estimate of drug-likeness (QED) is 0.847. The maximum Gasteiger partial charge on any atom is 0.134 e. The third kappa shape index (κ3) is 2.97. The van der Waals surface area contributed by atoms with Gasteiger partial charge in [0, 0.05) is 26.1 Å². The van der Waals surface area contributed by atoms with Gasteiger partial charge in [-0.2, -0.15) is 0 Å². The van der Waals surface area contributed by atoms with E-state index < -0.39 is 0 Å². The lowest BCUT2D eigenvalue weighted by molar-refractivity contribution is 0.244. The normalized spacial score (nSPS) is 22.8. The highest BCUT2D eigenvalue weighted by atomic mass is 16.3. The van der Waals surface area contributed by atoms with Crippen molar-refractivity contribution in [1.82, 2.24) is 9.97 Å². The van der Waals surface area contributed by atoms with Gasteiger partial charge in [0.15, 0.2) is 0 Å². The van der Waals surface area contributed by atoms with Crippen LogP contribution in [0.2, 0.25) is 0 Å². The Kier molecular flexibility index (Phi) is 4.58. The molecule has 0 amide bonds. The molecule has 1 fully saturated rings. The van der Waals surface area contributed by atoms with Gasteiger partial charge in [0.25, 0.3) is 0 Å². The molecule has 2 N–H and O–H groups in total. The summed E-state index contributed by atoms with van der Waals surface area (Å²) in [4.78, 5) is 11.3. The zero-order chi connectivity index (χ0) is 13.8. The number of nitrogens with one attached hydrogen (secondary N) is 1. The molecule has 0 bridgehead atoms. The van der Waals surface area contributed by atoms with E-state index >= 15 is 0 Å². The number of aromatic nitrogens is 2. The van der Waals surface area contributed by atoms with E-state index in [1.165, 1.54) is 0 Å². The average Bonchev–Trinajstić information content (AvgIpc) is 2.79. The fourth-order valence-electron chi connectivity index (χ4n) is 2.66. The second-order valence-electron chi connectivity index (χ2n) is 5.24. The number of aliphatic hydroxyl groups is 1. The van der Waals surface area contributed by atoms with Gasteiger partial charge >= 0.3 is 0 Å². The van der Waals surface area contributed by atoms with Gasteiger partial charge in [0.05, 0.1) is 12.6 Å². The molecule has 1 aliphatic rings. The predicted molar refractivity (Wildman–Crippen MR) is 77.6 cm³/mol. The molecule has 2 rings (SSSR count). The van der Waals surface area contributed by atoms with Crippen LogP contribution >= 0.6 is 0 Å². The van der Waals surface area contributed by atoms with E-state index in [1.807, 2.05) is 13.1 Å². The number of hydrogen-bond donors (Lipinski definition) is 2. The van der Waals surface area contributed by atoms with E-state index in [0.717, 1.165) is 43.3 Å². The van der Waals surface area contributed by atoms with E-state index in [1.54, 1.807) is 0 Å². The minimum atomic E-state index is 0.175. The van der Waals surface area contributed by atoms with Gasteiger partial charge in [-0.3, -0.25) is 0 Å². The van der Waals surface area contributed by atoms with E-state index in [9.17, 15) is 5.11 Å². The van der Waals surface area contributed by atoms with Crippen LogP contribution in [0.15, 0.2) is 6.07 Å². The Labute approximate surface area is 115 Å². The molecule has 19 heavy (non-hydrogen) atoms. The molecule has 0 aliphatic carbocycles. The zero-order valence-corrected chi connectivity index (χ0v) is 12.1. The smallest absolute Gasteiger partial charge is 0.134 e. The lowest BCUT2D eigenvalue weighted by Gasteiger charge is -2.26. The van der Waals surface area contributed by atoms with Crippen molar-refractivity contribution in [2.75, 3.05) is 30.4 Å². The van der Waals surface area contributed by atoms with Crippen molar-refractivity contribution in [3.8, 4) is 0 Å². The van der Waals surface area contributed by atoms with E-state index in [0.29, 0.717) is 5.92 Å². The molecule has 1 aromatic rings. The number of anilines is 2. The van der Waals surface area contributed by atoms with E-state index in [2.05, 4.69) is 34.0 Å². The van der Waals surface area contributed by atoms with Crippen LogP contribution in [0.3, 0.4) is 0 Å². The van der Waals surface area contributed by atoms with Crippen molar-refractivity contribution in [3.63, 3.8) is 0 Å². The summed E-state index contributed by atoms with van der Waals surface area (Å²) in [6.45, 7) is 5.46. The molecule has 5 heteroatoms. The summed E-state index contributed by atoms with van der Waals surface area (Å²) in [6, 6.07) is 2.15. The first-order chi connectivity index (χ1) is 9.19. The molecule has 0 saturated carbocycles. The van der Waals surface area contributed by atoms with Crippen molar-refractivity contribution in [2.45, 2.75) is 39.2 Å². The monoisotopic (exact) mass is 264 g/mol. The predicted octanol–water partition coefficient (Wildman–Crippen LogP) is 1.68. The standard InChI is InChI=1S/C14H24N4O/c1-4-5-12-16-13(15-3)8-14(17-12)18-7-6-10(2)11(18)9-19/h8,10-11,19H,4-7,9H2,1-3H3,(H,15,16,17). The van der Waals surface area contributed by atoms with Crippen molar-refractivity contribution >= 4 is 11.6 Å². The molecule has 0 aromatic carbocycles. The highest BCUT2D eigenvalue weighted by Crippen LogP contribution is 2.29. The van der Waals surface area contributed by atoms with Crippen LogP contribution in [0.4, 0.5) is 11.6 Å². The Morgan fingerprint density at radius 3 is 2.89 bits per heavy atom. The lowest BCUT2D eigenvalue weighted by atomic mass is 10.0. The van der Waals surface area contributed by atoms with Crippen LogP contribution < -0.4 is 10.2 Å². The highest BCUT2D eigenvalue weighted by molar-refractivity contribution is 5.50. The molecule has 2 unspecified atom stereocenters. The van der Waals surface area contributed by atoms with Gasteiger partial charge in [-0.25, -0.2) is 9.97 Å². The molecule has 2 heterocycles. The Bertz CT molecular complexity index is 424. The third-order valence-electron chi connectivity index (χ3n) is 3.85. The summed E-state index contributed by atoms with van der Waals surface area (Å²) in [7, 11) is 1.87. The fraction of sp³-hybridized carbons (Fsp3) is 0.714. The molecule has 1 aromatic heterocycles. The molecular weight excluding hydrogens is 240 g/mol. The summed E-state index contributed by atoms with van der Waals surface area (Å²) in [6.07, 6.45) is 3.02. The second-order valence-corrected chi connectivity index (χ2v) is 5.24. The van der Waals surface area contributed by atoms with Crippen LogP contribution in [0.1, 0.15) is 32.5 Å². The topological polar surface area (TPSA) is 61.3 Å². The zero-order valence-electron chi connectivity index (χ0n) is 12.1. The molecule has 2 atom stereocenters. The number of aliphatic hydroxyl groups excluding tert-OH is 1. The highest BCUT2D eigenvalue weighted by Gasteiger charge is 2.31. The summed E-state index contributed by atoms with van der Waals surface area (Å²) in [5.74, 6) is 3.17. The van der Waals surface area contributed by atoms with Gasteiger partial charge in [0.2, 0.25) is 0 Å². The van der Waals surface area contributed by atoms with Crippen LogP contribution in [-0.4, -0.2) is 41.3 Å². The largest absolute Gasteiger partial charge is 0.394 e. The van der Waals surface area contributed by atoms with Crippen LogP contribution in [0, 0.1) is 5.92 Å². The Hall–Kier alpha value is -1.36. The molecular formula is C14H24N4O. The Balaban J connectivity index is 2.30. The SMILES string of the molecule is CCCc1nc(NC)cc(N2CCC(C)C2CO)n1. The minimum Gasteiger partial charge on any atom is -0.394 e. The summed E-state index contributed by atoms with van der Waals surface area (Å²) < 4.78 is 0. The summed E-state index contributed by atoms with van der Waals surface area (Å²) in [5, 5.41) is 12.7. The summed E-state index contributed by atoms with van der Waals surface area (Å²) >= 11 is 0. The average molecular weight is 264 g/mol. The maximum atomic E-state index is 9.57. The van der Waals surface area contributed by atoms with E-state index in [4.69, 9.17) is 0 Å². The van der Waals surface area contributed by atoms with Crippen molar-refractivity contribution in [1.29, 1.82) is 0 Å². The van der Waals surface area contributed by atoms with E-state index in [-0.39, 0.29) is 12.6 Å². The third-order valence-corrected chi connectivity index (χ3v) is 3.85. The number of aryl methyl sites for hydroxylation is 1. The van der Waals surface area contributed by atoms with Crippen molar-refractivity contribution < 1.29 is 5.11 Å². The van der Waals surface area contributed by atoms with Crippen LogP contribution in [-0.2, 0) is 6.42 Å². The minimum absolute atomic E-state index is 0.175. The molecule has 1 saturated heterocycles. The van der Waals surface area contributed by atoms with Gasteiger partial charge in [-0.15, -0.1) is 0 Å². The Morgan fingerprint density at radius 2 is 2.26 bits per heavy atom. The second kappa shape index (κ2) is 6.19. The number of hydrogen-bond acceptors (Lipinski definition) is 5. The van der Waals surface area contributed by atoms with Crippen molar-refractivity contribution in [3.05, 3.63) is 11.9 Å². The number of nitrogens with zero attached hydrogens (tertiary/aromatic N) is 3. The lowest BCUT2D eigenvalue weighted by Crippen LogP contribution is -2.36. The first-order valence-electron chi connectivity index (χ1n) is 7.12. The summed E-state index contributed by atoms with van der Waals surface area (Å²) in [5.41, 5.74) is 0. The Morgan fingerprint density at radius 1 is 1.47 bits per heavy atom. The molecule has 0 spiro atoms. The van der Waals surface area contributed by atoms with Gasteiger partial charge in [0.1, 0.15) is 17.5 Å². The van der Waals surface area contributed by atoms with Crippen LogP contribution in [0.25, 0.3) is 0 Å². The molecule has 106 valence electrons. The molecule has 5 nitrogen and oxygen atoms in total. The first kappa shape index (κ1) is 14.1. The van der Waals surface area contributed by atoms with Gasteiger partial charge in [-0.1, -0.05) is 13.8 Å². The first-order valence-corrected chi connectivity index (χ1v) is 7.12. The van der Waals surface area contributed by atoms with Gasteiger partial charge in [-0.05, 0) is 18.8 Å². The van der Waals surface area contributed by atoms with Crippen molar-refractivity contribution in [2.24, 2.45) is 5.92 Å². The maximum absolute atomic E-state index is 9.57. The number of rotatable bonds is 5. The molecule has 0 radical (unpaired) electrons. The van der Waals surface area contributed by atoms with Crippen LogP contribution in [0.5, 0.6) is 0 Å².